The van der Waals surface area contributed by atoms with Crippen molar-refractivity contribution in [2.24, 2.45) is 0 Å². The zero-order valence-corrected chi connectivity index (χ0v) is 11.0. The van der Waals surface area contributed by atoms with E-state index in [1.54, 1.807) is 24.3 Å². The molecule has 0 saturated heterocycles. The molecule has 0 aliphatic rings. The molecule has 1 unspecified atom stereocenters. The maximum absolute atomic E-state index is 11.3. The molecule has 0 saturated carbocycles. The minimum Gasteiger partial charge on any atom is -0.287 e. The zero-order chi connectivity index (χ0) is 13.1. The molecule has 0 spiro atoms. The van der Waals surface area contributed by atoms with Crippen molar-refractivity contribution in [2.45, 2.75) is 24.4 Å². The standard InChI is InChI=1S/C12H16N2O2S/c1-10(8-13)14(2)9-11-4-6-12(7-5-11)17(3,15)16/h4-7,10H,9H2,1-3H3. The van der Waals surface area contributed by atoms with E-state index in [1.165, 1.54) is 6.26 Å². The van der Waals surface area contributed by atoms with Gasteiger partial charge in [-0.15, -0.1) is 0 Å². The van der Waals surface area contributed by atoms with Gasteiger partial charge in [-0.05, 0) is 31.7 Å². The van der Waals surface area contributed by atoms with Crippen molar-refractivity contribution in [2.75, 3.05) is 13.3 Å². The fraction of sp³-hybridized carbons (Fsp3) is 0.417. The summed E-state index contributed by atoms with van der Waals surface area (Å²) in [5.74, 6) is 0. The van der Waals surface area contributed by atoms with Gasteiger partial charge in [0.25, 0.3) is 0 Å². The average molecular weight is 252 g/mol. The third kappa shape index (κ3) is 3.84. The molecule has 0 aliphatic carbocycles. The van der Waals surface area contributed by atoms with Gasteiger partial charge in [-0.25, -0.2) is 8.42 Å². The first-order chi connectivity index (χ1) is 7.84. The molecule has 1 rings (SSSR count). The molecular formula is C12H16N2O2S. The number of nitrogens with zero attached hydrogens (tertiary/aromatic N) is 2. The molecule has 0 bridgehead atoms. The van der Waals surface area contributed by atoms with Crippen molar-refractivity contribution in [1.82, 2.24) is 4.90 Å². The Kier molecular flexibility index (Phi) is 4.27. The minimum absolute atomic E-state index is 0.162. The summed E-state index contributed by atoms with van der Waals surface area (Å²) in [5, 5.41) is 8.76. The minimum atomic E-state index is -3.13. The van der Waals surface area contributed by atoms with E-state index in [9.17, 15) is 8.42 Å². The van der Waals surface area contributed by atoms with Crippen LogP contribution in [-0.4, -0.2) is 32.7 Å². The van der Waals surface area contributed by atoms with Crippen LogP contribution in [0.25, 0.3) is 0 Å². The summed E-state index contributed by atoms with van der Waals surface area (Å²) in [7, 11) is -1.28. The van der Waals surface area contributed by atoms with Gasteiger partial charge in [0, 0.05) is 12.8 Å². The van der Waals surface area contributed by atoms with E-state index in [1.807, 2.05) is 18.9 Å². The number of sulfone groups is 1. The molecule has 5 heteroatoms. The second-order valence-corrected chi connectivity index (χ2v) is 6.15. The Balaban J connectivity index is 2.80. The largest absolute Gasteiger partial charge is 0.287 e. The molecule has 0 aliphatic heterocycles. The maximum Gasteiger partial charge on any atom is 0.175 e. The van der Waals surface area contributed by atoms with E-state index in [0.29, 0.717) is 11.4 Å². The smallest absolute Gasteiger partial charge is 0.175 e. The van der Waals surface area contributed by atoms with E-state index >= 15 is 0 Å². The van der Waals surface area contributed by atoms with Crippen molar-refractivity contribution < 1.29 is 8.42 Å². The molecule has 1 aromatic rings. The summed E-state index contributed by atoms with van der Waals surface area (Å²) >= 11 is 0. The Morgan fingerprint density at radius 2 is 1.88 bits per heavy atom. The lowest BCUT2D eigenvalue weighted by molar-refractivity contribution is 0.294. The predicted molar refractivity (Wildman–Crippen MR) is 66.1 cm³/mol. The molecule has 4 nitrogen and oxygen atoms in total. The van der Waals surface area contributed by atoms with E-state index < -0.39 is 9.84 Å². The Bertz CT molecular complexity index is 514. The summed E-state index contributed by atoms with van der Waals surface area (Å²) in [4.78, 5) is 2.22. The molecule has 0 radical (unpaired) electrons. The van der Waals surface area contributed by atoms with Crippen LogP contribution in [0.5, 0.6) is 0 Å². The number of hydrogen-bond donors (Lipinski definition) is 0. The first-order valence-electron chi connectivity index (χ1n) is 5.23. The van der Waals surface area contributed by atoms with Gasteiger partial charge in [0.1, 0.15) is 0 Å². The van der Waals surface area contributed by atoms with Crippen LogP contribution >= 0.6 is 0 Å². The van der Waals surface area contributed by atoms with Crippen molar-refractivity contribution in [3.05, 3.63) is 29.8 Å². The van der Waals surface area contributed by atoms with Gasteiger partial charge in [-0.2, -0.15) is 5.26 Å². The predicted octanol–water partition coefficient (Wildman–Crippen LogP) is 1.43. The lowest BCUT2D eigenvalue weighted by Crippen LogP contribution is -2.26. The molecule has 1 aromatic carbocycles. The van der Waals surface area contributed by atoms with E-state index in [4.69, 9.17) is 5.26 Å². The zero-order valence-electron chi connectivity index (χ0n) is 10.2. The van der Waals surface area contributed by atoms with Crippen LogP contribution in [-0.2, 0) is 16.4 Å². The third-order valence-corrected chi connectivity index (χ3v) is 3.76. The Morgan fingerprint density at radius 3 is 2.29 bits per heavy atom. The molecule has 0 amide bonds. The average Bonchev–Trinajstić information content (AvgIpc) is 2.27. The quantitative estimate of drug-likeness (QED) is 0.813. The van der Waals surface area contributed by atoms with Gasteiger partial charge in [0.05, 0.1) is 17.0 Å². The highest BCUT2D eigenvalue weighted by Gasteiger charge is 2.09. The molecule has 0 heterocycles. The van der Waals surface area contributed by atoms with Crippen LogP contribution in [0.4, 0.5) is 0 Å². The normalized spacial score (nSPS) is 13.4. The van der Waals surface area contributed by atoms with Gasteiger partial charge in [-0.3, -0.25) is 4.90 Å². The van der Waals surface area contributed by atoms with E-state index in [2.05, 4.69) is 6.07 Å². The molecule has 0 fully saturated rings. The lowest BCUT2D eigenvalue weighted by Gasteiger charge is -2.18. The highest BCUT2D eigenvalue weighted by atomic mass is 32.2. The molecule has 0 aromatic heterocycles. The van der Waals surface area contributed by atoms with Crippen LogP contribution in [0.2, 0.25) is 0 Å². The van der Waals surface area contributed by atoms with E-state index in [0.717, 1.165) is 5.56 Å². The van der Waals surface area contributed by atoms with Crippen LogP contribution in [0.1, 0.15) is 12.5 Å². The summed E-state index contributed by atoms with van der Waals surface area (Å²) in [6.45, 7) is 2.45. The SMILES string of the molecule is CC(C#N)N(C)Cc1ccc(S(C)(=O)=O)cc1. The molecule has 92 valence electrons. The fourth-order valence-corrected chi connectivity index (χ4v) is 2.00. The molecular weight excluding hydrogens is 236 g/mol. The second-order valence-electron chi connectivity index (χ2n) is 4.14. The van der Waals surface area contributed by atoms with Gasteiger partial charge in [0.15, 0.2) is 9.84 Å². The van der Waals surface area contributed by atoms with Gasteiger partial charge >= 0.3 is 0 Å². The van der Waals surface area contributed by atoms with Crippen molar-refractivity contribution >= 4 is 9.84 Å². The maximum atomic E-state index is 11.3. The van der Waals surface area contributed by atoms with Crippen LogP contribution < -0.4 is 0 Å². The third-order valence-electron chi connectivity index (χ3n) is 2.63. The number of rotatable bonds is 4. The Hall–Kier alpha value is -1.38. The molecule has 17 heavy (non-hydrogen) atoms. The first-order valence-corrected chi connectivity index (χ1v) is 7.12. The number of hydrogen-bond acceptors (Lipinski definition) is 4. The summed E-state index contributed by atoms with van der Waals surface area (Å²) in [6.07, 6.45) is 1.19. The lowest BCUT2D eigenvalue weighted by atomic mass is 10.2. The Morgan fingerprint density at radius 1 is 1.35 bits per heavy atom. The summed E-state index contributed by atoms with van der Waals surface area (Å²) < 4.78 is 22.5. The number of benzene rings is 1. The van der Waals surface area contributed by atoms with E-state index in [-0.39, 0.29) is 6.04 Å². The second kappa shape index (κ2) is 5.30. The van der Waals surface area contributed by atoms with Crippen molar-refractivity contribution in [3.63, 3.8) is 0 Å². The highest BCUT2D eigenvalue weighted by Crippen LogP contribution is 2.12. The van der Waals surface area contributed by atoms with Gasteiger partial charge < -0.3 is 0 Å². The topological polar surface area (TPSA) is 61.2 Å². The Labute approximate surface area is 102 Å². The van der Waals surface area contributed by atoms with Crippen LogP contribution in [0.15, 0.2) is 29.2 Å². The van der Waals surface area contributed by atoms with Crippen LogP contribution in [0, 0.1) is 11.3 Å². The summed E-state index contributed by atoms with van der Waals surface area (Å²) in [6, 6.07) is 8.72. The highest BCUT2D eigenvalue weighted by molar-refractivity contribution is 7.90. The van der Waals surface area contributed by atoms with Crippen LogP contribution in [0.3, 0.4) is 0 Å². The van der Waals surface area contributed by atoms with Gasteiger partial charge in [0.2, 0.25) is 0 Å². The fourth-order valence-electron chi connectivity index (χ4n) is 1.37. The summed E-state index contributed by atoms with van der Waals surface area (Å²) in [5.41, 5.74) is 0.988. The molecule has 1 atom stereocenters. The monoisotopic (exact) mass is 252 g/mol. The number of nitriles is 1. The van der Waals surface area contributed by atoms with Crippen molar-refractivity contribution in [1.29, 1.82) is 5.26 Å². The first kappa shape index (κ1) is 13.7. The van der Waals surface area contributed by atoms with Gasteiger partial charge in [-0.1, -0.05) is 12.1 Å². The molecule has 0 N–H and O–H groups in total. The van der Waals surface area contributed by atoms with Crippen molar-refractivity contribution in [3.8, 4) is 6.07 Å².